The molecule has 3 aromatic rings. The normalized spacial score (nSPS) is 17.4. The van der Waals surface area contributed by atoms with Crippen molar-refractivity contribution in [2.24, 2.45) is 0 Å². The van der Waals surface area contributed by atoms with Gasteiger partial charge in [-0.15, -0.1) is 11.3 Å². The monoisotopic (exact) mass is 560 g/mol. The highest BCUT2D eigenvalue weighted by atomic mass is 32.1. The number of thiazole rings is 1. The smallest absolute Gasteiger partial charge is 0.339 e. The van der Waals surface area contributed by atoms with Gasteiger partial charge in [-0.2, -0.15) is 13.2 Å². The highest BCUT2D eigenvalue weighted by molar-refractivity contribution is 7.09. The standard InChI is InChI=1S/C28H28F4N4O2S/c29-21-7-5-19(6-8-21)17-34-13-15-36(16-14-34)27(38)24-18-39-25(33-24)20-9-11-35(12-10-20)26(37)22-3-1-2-4-23(22)28(30,31)32/h1-8,18,20H,9-17H2. The van der Waals surface area contributed by atoms with Crippen LogP contribution in [-0.2, 0) is 12.7 Å². The lowest BCUT2D eigenvalue weighted by Gasteiger charge is -2.34. The quantitative estimate of drug-likeness (QED) is 0.399. The van der Waals surface area contributed by atoms with Gasteiger partial charge in [0.2, 0.25) is 0 Å². The largest absolute Gasteiger partial charge is 0.417 e. The van der Waals surface area contributed by atoms with Crippen LogP contribution in [0.15, 0.2) is 53.9 Å². The van der Waals surface area contributed by atoms with Gasteiger partial charge in [-0.05, 0) is 42.7 Å². The molecule has 2 amide bonds. The van der Waals surface area contributed by atoms with Gasteiger partial charge in [-0.3, -0.25) is 14.5 Å². The number of piperidine rings is 1. The zero-order valence-corrected chi connectivity index (χ0v) is 22.0. The van der Waals surface area contributed by atoms with Crippen molar-refractivity contribution in [2.75, 3.05) is 39.3 Å². The molecule has 0 radical (unpaired) electrons. The molecular weight excluding hydrogens is 532 g/mol. The van der Waals surface area contributed by atoms with E-state index in [2.05, 4.69) is 9.88 Å². The van der Waals surface area contributed by atoms with Crippen molar-refractivity contribution in [1.29, 1.82) is 0 Å². The summed E-state index contributed by atoms with van der Waals surface area (Å²) < 4.78 is 53.2. The van der Waals surface area contributed by atoms with E-state index in [0.717, 1.165) is 16.6 Å². The van der Waals surface area contributed by atoms with Gasteiger partial charge in [0.05, 0.1) is 16.1 Å². The van der Waals surface area contributed by atoms with E-state index in [1.165, 1.54) is 46.6 Å². The number of nitrogens with zero attached hydrogens (tertiary/aromatic N) is 4. The lowest BCUT2D eigenvalue weighted by Crippen LogP contribution is -2.48. The number of carbonyl (C=O) groups is 2. The summed E-state index contributed by atoms with van der Waals surface area (Å²) in [5, 5.41) is 2.58. The Hall–Kier alpha value is -3.31. The topological polar surface area (TPSA) is 56.8 Å². The van der Waals surface area contributed by atoms with Crippen molar-refractivity contribution in [1.82, 2.24) is 19.7 Å². The molecule has 0 bridgehead atoms. The van der Waals surface area contributed by atoms with Gasteiger partial charge in [-0.1, -0.05) is 24.3 Å². The van der Waals surface area contributed by atoms with Gasteiger partial charge in [0.25, 0.3) is 11.8 Å². The Morgan fingerprint density at radius 3 is 2.18 bits per heavy atom. The number of rotatable bonds is 5. The Morgan fingerprint density at radius 2 is 1.51 bits per heavy atom. The fraction of sp³-hybridized carbons (Fsp3) is 0.393. The van der Waals surface area contributed by atoms with Gasteiger partial charge in [0, 0.05) is 57.1 Å². The molecular formula is C28H28F4N4O2S. The van der Waals surface area contributed by atoms with E-state index in [1.54, 1.807) is 22.4 Å². The first-order valence-corrected chi connectivity index (χ1v) is 13.7. The molecule has 6 nitrogen and oxygen atoms in total. The first kappa shape index (κ1) is 27.3. The number of hydrogen-bond donors (Lipinski definition) is 0. The molecule has 0 atom stereocenters. The molecule has 2 aliphatic rings. The number of benzene rings is 2. The zero-order chi connectivity index (χ0) is 27.6. The summed E-state index contributed by atoms with van der Waals surface area (Å²) in [6, 6.07) is 11.3. The second-order valence-corrected chi connectivity index (χ2v) is 10.8. The van der Waals surface area contributed by atoms with Gasteiger partial charge < -0.3 is 9.80 Å². The van der Waals surface area contributed by atoms with Gasteiger partial charge >= 0.3 is 6.18 Å². The summed E-state index contributed by atoms with van der Waals surface area (Å²) in [7, 11) is 0. The first-order chi connectivity index (χ1) is 18.7. The molecule has 0 unspecified atom stereocenters. The van der Waals surface area contributed by atoms with Gasteiger partial charge in [0.15, 0.2) is 0 Å². The van der Waals surface area contributed by atoms with Crippen LogP contribution in [0.4, 0.5) is 17.6 Å². The third kappa shape index (κ3) is 6.30. The van der Waals surface area contributed by atoms with Crippen LogP contribution in [-0.4, -0.2) is 70.8 Å². The van der Waals surface area contributed by atoms with E-state index in [0.29, 0.717) is 64.3 Å². The van der Waals surface area contributed by atoms with Crippen LogP contribution < -0.4 is 0 Å². The molecule has 0 N–H and O–H groups in total. The summed E-state index contributed by atoms with van der Waals surface area (Å²) in [4.78, 5) is 36.0. The summed E-state index contributed by atoms with van der Waals surface area (Å²) in [5.41, 5.74) is 0.178. The van der Waals surface area contributed by atoms with E-state index >= 15 is 0 Å². The van der Waals surface area contributed by atoms with Gasteiger partial charge in [-0.25, -0.2) is 9.37 Å². The number of piperazine rings is 1. The third-order valence-corrected chi connectivity index (χ3v) is 8.32. The van der Waals surface area contributed by atoms with Crippen molar-refractivity contribution in [3.63, 3.8) is 0 Å². The molecule has 0 spiro atoms. The third-order valence-electron chi connectivity index (χ3n) is 7.31. The molecule has 2 aromatic carbocycles. The second-order valence-electron chi connectivity index (χ2n) is 9.88. The van der Waals surface area contributed by atoms with Crippen LogP contribution in [0, 0.1) is 5.82 Å². The molecule has 11 heteroatoms. The minimum Gasteiger partial charge on any atom is -0.339 e. The maximum Gasteiger partial charge on any atom is 0.417 e. The molecule has 0 aliphatic carbocycles. The molecule has 5 rings (SSSR count). The zero-order valence-electron chi connectivity index (χ0n) is 21.2. The van der Waals surface area contributed by atoms with E-state index in [4.69, 9.17) is 0 Å². The number of aromatic nitrogens is 1. The van der Waals surface area contributed by atoms with Crippen molar-refractivity contribution in [3.05, 3.63) is 87.1 Å². The van der Waals surface area contributed by atoms with E-state index < -0.39 is 17.6 Å². The highest BCUT2D eigenvalue weighted by Crippen LogP contribution is 2.35. The number of hydrogen-bond acceptors (Lipinski definition) is 5. The minimum atomic E-state index is -4.59. The lowest BCUT2D eigenvalue weighted by atomic mass is 9.96. The summed E-state index contributed by atoms with van der Waals surface area (Å²) in [5.74, 6) is -0.946. The number of likely N-dealkylation sites (tertiary alicyclic amines) is 1. The predicted molar refractivity (Wildman–Crippen MR) is 139 cm³/mol. The fourth-order valence-electron chi connectivity index (χ4n) is 5.11. The number of halogens is 4. The predicted octanol–water partition coefficient (Wildman–Crippen LogP) is 5.28. The maximum atomic E-state index is 13.4. The minimum absolute atomic E-state index is 0.0472. The number of carbonyl (C=O) groups excluding carboxylic acids is 2. The van der Waals surface area contributed by atoms with Crippen molar-refractivity contribution in [2.45, 2.75) is 31.5 Å². The molecule has 39 heavy (non-hydrogen) atoms. The van der Waals surface area contributed by atoms with Crippen LogP contribution in [0.3, 0.4) is 0 Å². The SMILES string of the molecule is O=C(c1csc(C2CCN(C(=O)c3ccccc3C(F)(F)F)CC2)n1)N1CCN(Cc2ccc(F)cc2)CC1. The van der Waals surface area contributed by atoms with Crippen LogP contribution in [0.2, 0.25) is 0 Å². The molecule has 206 valence electrons. The van der Waals surface area contributed by atoms with E-state index in [-0.39, 0.29) is 23.2 Å². The molecule has 1 aromatic heterocycles. The Kier molecular flexibility index (Phi) is 7.99. The van der Waals surface area contributed by atoms with Crippen molar-refractivity contribution < 1.29 is 27.2 Å². The first-order valence-electron chi connectivity index (χ1n) is 12.9. The van der Waals surface area contributed by atoms with Crippen molar-refractivity contribution >= 4 is 23.2 Å². The second kappa shape index (κ2) is 11.4. The molecule has 2 fully saturated rings. The Balaban J connectivity index is 1.13. The molecule has 2 aliphatic heterocycles. The highest BCUT2D eigenvalue weighted by Gasteiger charge is 2.37. The van der Waals surface area contributed by atoms with Crippen LogP contribution in [0.1, 0.15) is 55.7 Å². The number of alkyl halides is 3. The Bertz CT molecular complexity index is 1310. The number of amides is 2. The lowest BCUT2D eigenvalue weighted by molar-refractivity contribution is -0.138. The molecule has 3 heterocycles. The average Bonchev–Trinajstić information content (AvgIpc) is 3.44. The Morgan fingerprint density at radius 1 is 0.872 bits per heavy atom. The summed E-state index contributed by atoms with van der Waals surface area (Å²) in [6.07, 6.45) is -3.45. The summed E-state index contributed by atoms with van der Waals surface area (Å²) >= 11 is 1.41. The fourth-order valence-corrected chi connectivity index (χ4v) is 6.07. The van der Waals surface area contributed by atoms with Crippen LogP contribution in [0.25, 0.3) is 0 Å². The van der Waals surface area contributed by atoms with Crippen LogP contribution in [0.5, 0.6) is 0 Å². The Labute approximate surface area is 227 Å². The van der Waals surface area contributed by atoms with E-state index in [9.17, 15) is 27.2 Å². The molecule has 2 saturated heterocycles. The van der Waals surface area contributed by atoms with Crippen LogP contribution >= 0.6 is 11.3 Å². The summed E-state index contributed by atoms with van der Waals surface area (Å²) in [6.45, 7) is 3.93. The van der Waals surface area contributed by atoms with Gasteiger partial charge in [0.1, 0.15) is 11.5 Å². The average molecular weight is 561 g/mol. The van der Waals surface area contributed by atoms with Crippen molar-refractivity contribution in [3.8, 4) is 0 Å². The maximum absolute atomic E-state index is 13.4. The molecule has 0 saturated carbocycles. The van der Waals surface area contributed by atoms with E-state index in [1.807, 2.05) is 0 Å².